The lowest BCUT2D eigenvalue weighted by Crippen LogP contribution is -2.16. The lowest BCUT2D eigenvalue weighted by atomic mass is 9.80. The molecule has 0 aliphatic heterocycles. The number of hydrogen-bond donors (Lipinski definition) is 1. The Morgan fingerprint density at radius 1 is 1.54 bits per heavy atom. The third-order valence-corrected chi connectivity index (χ3v) is 2.69. The first-order valence-corrected chi connectivity index (χ1v) is 4.55. The first-order valence-electron chi connectivity index (χ1n) is 4.55. The number of aromatic hydroxyl groups is 1. The van der Waals surface area contributed by atoms with Crippen LogP contribution >= 0.6 is 0 Å². The fraction of sp³-hybridized carbons (Fsp3) is 0.333. The molecule has 0 aliphatic carbocycles. The minimum Gasteiger partial charge on any atom is -0.508 e. The Balaban J connectivity index is 3.12. The molecule has 13 heavy (non-hydrogen) atoms. The van der Waals surface area contributed by atoms with Gasteiger partial charge >= 0.3 is 0 Å². The van der Waals surface area contributed by atoms with Crippen LogP contribution in [0.1, 0.15) is 25.8 Å². The highest BCUT2D eigenvalue weighted by atomic mass is 16.3. The summed E-state index contributed by atoms with van der Waals surface area (Å²) in [5.41, 5.74) is 1.09. The van der Waals surface area contributed by atoms with Crippen molar-refractivity contribution < 1.29 is 5.11 Å². The standard InChI is InChI=1S/C12H16O/c1-4-12(3,5-2)10-7-6-8-11(13)9-10/h4,6-9,13H,1,5H2,2-3H3. The van der Waals surface area contributed by atoms with Crippen LogP contribution in [0.2, 0.25) is 0 Å². The van der Waals surface area contributed by atoms with Gasteiger partial charge in [0.2, 0.25) is 0 Å². The lowest BCUT2D eigenvalue weighted by Gasteiger charge is -2.24. The van der Waals surface area contributed by atoms with Crippen molar-refractivity contribution in [3.05, 3.63) is 42.5 Å². The van der Waals surface area contributed by atoms with Crippen molar-refractivity contribution in [2.45, 2.75) is 25.7 Å². The Morgan fingerprint density at radius 2 is 2.23 bits per heavy atom. The molecule has 1 aromatic carbocycles. The van der Waals surface area contributed by atoms with Crippen LogP contribution in [0.25, 0.3) is 0 Å². The first kappa shape index (κ1) is 9.85. The quantitative estimate of drug-likeness (QED) is 0.701. The summed E-state index contributed by atoms with van der Waals surface area (Å²) >= 11 is 0. The zero-order valence-electron chi connectivity index (χ0n) is 8.25. The van der Waals surface area contributed by atoms with Gasteiger partial charge in [0.15, 0.2) is 0 Å². The Hall–Kier alpha value is -1.24. The van der Waals surface area contributed by atoms with E-state index in [0.29, 0.717) is 5.75 Å². The summed E-state index contributed by atoms with van der Waals surface area (Å²) in [6.07, 6.45) is 2.92. The van der Waals surface area contributed by atoms with E-state index >= 15 is 0 Å². The normalized spacial score (nSPS) is 14.9. The van der Waals surface area contributed by atoms with Crippen LogP contribution in [0.4, 0.5) is 0 Å². The van der Waals surface area contributed by atoms with Gasteiger partial charge in [-0.2, -0.15) is 0 Å². The van der Waals surface area contributed by atoms with Gasteiger partial charge in [0.1, 0.15) is 5.75 Å². The van der Waals surface area contributed by atoms with Crippen molar-refractivity contribution in [1.29, 1.82) is 0 Å². The number of benzene rings is 1. The Labute approximate surface area is 79.7 Å². The summed E-state index contributed by atoms with van der Waals surface area (Å²) in [6.45, 7) is 8.06. The Morgan fingerprint density at radius 3 is 2.69 bits per heavy atom. The maximum absolute atomic E-state index is 9.33. The summed E-state index contributed by atoms with van der Waals surface area (Å²) in [6, 6.07) is 7.36. The third kappa shape index (κ3) is 1.92. The Kier molecular flexibility index (Phi) is 2.76. The van der Waals surface area contributed by atoms with Gasteiger partial charge in [0, 0.05) is 5.41 Å². The summed E-state index contributed by atoms with van der Waals surface area (Å²) in [4.78, 5) is 0. The molecular formula is C12H16O. The zero-order chi connectivity index (χ0) is 9.90. The molecule has 0 aromatic heterocycles. The molecule has 1 unspecified atom stereocenters. The monoisotopic (exact) mass is 176 g/mol. The number of rotatable bonds is 3. The van der Waals surface area contributed by atoms with Crippen molar-refractivity contribution in [3.63, 3.8) is 0 Å². The van der Waals surface area contributed by atoms with Gasteiger partial charge in [-0.15, -0.1) is 6.58 Å². The predicted molar refractivity (Wildman–Crippen MR) is 55.9 cm³/mol. The number of phenols is 1. The molecule has 0 fully saturated rings. The summed E-state index contributed by atoms with van der Waals surface area (Å²) in [5, 5.41) is 9.33. The number of phenolic OH excluding ortho intramolecular Hbond substituents is 1. The lowest BCUT2D eigenvalue weighted by molar-refractivity contribution is 0.471. The van der Waals surface area contributed by atoms with Crippen molar-refractivity contribution in [3.8, 4) is 5.75 Å². The third-order valence-electron chi connectivity index (χ3n) is 2.69. The van der Waals surface area contributed by atoms with Gasteiger partial charge < -0.3 is 5.11 Å². The van der Waals surface area contributed by atoms with E-state index in [2.05, 4.69) is 20.4 Å². The van der Waals surface area contributed by atoms with Crippen LogP contribution in [-0.4, -0.2) is 5.11 Å². The summed E-state index contributed by atoms with van der Waals surface area (Å²) in [5.74, 6) is 0.319. The minimum atomic E-state index is -0.0290. The molecular weight excluding hydrogens is 160 g/mol. The van der Waals surface area contributed by atoms with E-state index in [9.17, 15) is 5.11 Å². The molecule has 0 amide bonds. The van der Waals surface area contributed by atoms with E-state index in [1.807, 2.05) is 18.2 Å². The maximum Gasteiger partial charge on any atom is 0.115 e. The van der Waals surface area contributed by atoms with Crippen LogP contribution < -0.4 is 0 Å². The second kappa shape index (κ2) is 3.65. The molecule has 1 nitrogen and oxygen atoms in total. The van der Waals surface area contributed by atoms with Crippen LogP contribution in [0.5, 0.6) is 5.75 Å². The molecule has 1 N–H and O–H groups in total. The van der Waals surface area contributed by atoms with Crippen LogP contribution in [0.3, 0.4) is 0 Å². The molecule has 0 saturated carbocycles. The van der Waals surface area contributed by atoms with Gasteiger partial charge in [-0.25, -0.2) is 0 Å². The smallest absolute Gasteiger partial charge is 0.115 e. The van der Waals surface area contributed by atoms with Gasteiger partial charge in [0.25, 0.3) is 0 Å². The molecule has 1 heteroatoms. The molecule has 0 radical (unpaired) electrons. The topological polar surface area (TPSA) is 20.2 Å². The molecule has 0 spiro atoms. The van der Waals surface area contributed by atoms with Crippen LogP contribution in [0, 0.1) is 0 Å². The van der Waals surface area contributed by atoms with E-state index in [1.165, 1.54) is 0 Å². The van der Waals surface area contributed by atoms with E-state index in [1.54, 1.807) is 12.1 Å². The largest absolute Gasteiger partial charge is 0.508 e. The summed E-state index contributed by atoms with van der Waals surface area (Å²) in [7, 11) is 0. The van der Waals surface area contributed by atoms with Crippen LogP contribution in [0.15, 0.2) is 36.9 Å². The molecule has 0 aliphatic rings. The highest BCUT2D eigenvalue weighted by Crippen LogP contribution is 2.30. The molecule has 1 rings (SSSR count). The number of hydrogen-bond acceptors (Lipinski definition) is 1. The molecule has 1 atom stereocenters. The van der Waals surface area contributed by atoms with Crippen molar-refractivity contribution in [1.82, 2.24) is 0 Å². The average Bonchev–Trinajstić information content (AvgIpc) is 2.17. The second-order valence-electron chi connectivity index (χ2n) is 3.53. The van der Waals surface area contributed by atoms with Gasteiger partial charge in [-0.3, -0.25) is 0 Å². The fourth-order valence-corrected chi connectivity index (χ4v) is 1.33. The number of allylic oxidation sites excluding steroid dienone is 1. The zero-order valence-corrected chi connectivity index (χ0v) is 8.25. The first-order chi connectivity index (χ1) is 6.12. The summed E-state index contributed by atoms with van der Waals surface area (Å²) < 4.78 is 0. The van der Waals surface area contributed by atoms with Crippen LogP contribution in [-0.2, 0) is 5.41 Å². The van der Waals surface area contributed by atoms with Gasteiger partial charge in [-0.05, 0) is 24.1 Å². The SMILES string of the molecule is C=CC(C)(CC)c1cccc(O)c1. The highest BCUT2D eigenvalue weighted by molar-refractivity contribution is 5.35. The van der Waals surface area contributed by atoms with Crippen molar-refractivity contribution >= 4 is 0 Å². The highest BCUT2D eigenvalue weighted by Gasteiger charge is 2.20. The van der Waals surface area contributed by atoms with Gasteiger partial charge in [0.05, 0.1) is 0 Å². The van der Waals surface area contributed by atoms with E-state index in [0.717, 1.165) is 12.0 Å². The molecule has 1 aromatic rings. The molecule has 70 valence electrons. The van der Waals surface area contributed by atoms with E-state index in [4.69, 9.17) is 0 Å². The van der Waals surface area contributed by atoms with Crippen molar-refractivity contribution in [2.75, 3.05) is 0 Å². The van der Waals surface area contributed by atoms with Gasteiger partial charge in [-0.1, -0.05) is 32.1 Å². The minimum absolute atomic E-state index is 0.0290. The second-order valence-corrected chi connectivity index (χ2v) is 3.53. The maximum atomic E-state index is 9.33. The molecule has 0 bridgehead atoms. The van der Waals surface area contributed by atoms with E-state index < -0.39 is 0 Å². The molecule has 0 heterocycles. The van der Waals surface area contributed by atoms with Crippen molar-refractivity contribution in [2.24, 2.45) is 0 Å². The Bertz CT molecular complexity index is 304. The predicted octanol–water partition coefficient (Wildman–Crippen LogP) is 3.25. The molecule has 0 saturated heterocycles. The average molecular weight is 176 g/mol. The fourth-order valence-electron chi connectivity index (χ4n) is 1.33. The van der Waals surface area contributed by atoms with E-state index in [-0.39, 0.29) is 5.41 Å².